The first-order valence-corrected chi connectivity index (χ1v) is 7.83. The minimum absolute atomic E-state index is 0. The molecule has 4 nitrogen and oxygen atoms in total. The van der Waals surface area contributed by atoms with Gasteiger partial charge in [-0.25, -0.2) is 4.99 Å². The number of thiophene rings is 1. The number of hydrogen-bond acceptors (Lipinski definition) is 3. The maximum atomic E-state index is 5.32. The van der Waals surface area contributed by atoms with Crippen LogP contribution in [0.2, 0.25) is 0 Å². The molecule has 0 amide bonds. The predicted molar refractivity (Wildman–Crippen MR) is 99.6 cm³/mol. The molecule has 0 aliphatic carbocycles. The van der Waals surface area contributed by atoms with E-state index in [-0.39, 0.29) is 24.0 Å². The molecule has 2 rings (SSSR count). The molecular formula is C15H22IN3OS. The maximum absolute atomic E-state index is 5.32. The summed E-state index contributed by atoms with van der Waals surface area (Å²) in [6.07, 6.45) is 3.65. The Labute approximate surface area is 147 Å². The Kier molecular flexibility index (Phi) is 9.16. The van der Waals surface area contributed by atoms with Gasteiger partial charge in [-0.2, -0.15) is 0 Å². The molecule has 0 radical (unpaired) electrons. The summed E-state index contributed by atoms with van der Waals surface area (Å²) in [5, 5.41) is 8.74. The van der Waals surface area contributed by atoms with Crippen molar-refractivity contribution in [2.45, 2.75) is 26.3 Å². The topological polar surface area (TPSA) is 49.6 Å². The standard InChI is InChI=1S/C15H21N3OS.HI/c1-2-8-16-15(18-12-14-6-4-11-20-14)17-9-7-13-5-3-10-19-13;/h3-6,10-11H,2,7-9,12H2,1H3,(H2,16,17,18);1H. The van der Waals surface area contributed by atoms with Crippen molar-refractivity contribution in [2.24, 2.45) is 4.99 Å². The van der Waals surface area contributed by atoms with E-state index in [2.05, 4.69) is 40.1 Å². The summed E-state index contributed by atoms with van der Waals surface area (Å²) in [5.74, 6) is 1.86. The monoisotopic (exact) mass is 419 g/mol. The molecule has 0 aromatic carbocycles. The van der Waals surface area contributed by atoms with Crippen LogP contribution in [0.5, 0.6) is 0 Å². The molecule has 2 aromatic rings. The number of halogens is 1. The molecule has 2 heterocycles. The first kappa shape index (κ1) is 18.0. The first-order valence-electron chi connectivity index (χ1n) is 6.95. The van der Waals surface area contributed by atoms with Crippen molar-refractivity contribution in [3.63, 3.8) is 0 Å². The van der Waals surface area contributed by atoms with Crippen LogP contribution in [0.3, 0.4) is 0 Å². The number of aliphatic imine (C=N–C) groups is 1. The molecule has 116 valence electrons. The van der Waals surface area contributed by atoms with Gasteiger partial charge in [-0.15, -0.1) is 35.3 Å². The summed E-state index contributed by atoms with van der Waals surface area (Å²) in [5.41, 5.74) is 0. The van der Waals surface area contributed by atoms with E-state index >= 15 is 0 Å². The molecule has 2 aromatic heterocycles. The minimum atomic E-state index is 0. The molecule has 2 N–H and O–H groups in total. The molecule has 0 fully saturated rings. The van der Waals surface area contributed by atoms with Crippen LogP contribution < -0.4 is 10.6 Å². The van der Waals surface area contributed by atoms with Crippen LogP contribution in [0.25, 0.3) is 0 Å². The fourth-order valence-electron chi connectivity index (χ4n) is 1.74. The molecule has 0 bridgehead atoms. The van der Waals surface area contributed by atoms with E-state index in [1.165, 1.54) is 4.88 Å². The Balaban J connectivity index is 0.00000220. The van der Waals surface area contributed by atoms with Crippen molar-refractivity contribution in [3.8, 4) is 0 Å². The molecular weight excluding hydrogens is 397 g/mol. The summed E-state index contributed by atoms with van der Waals surface area (Å²) >= 11 is 1.73. The zero-order valence-electron chi connectivity index (χ0n) is 12.2. The zero-order valence-corrected chi connectivity index (χ0v) is 15.3. The second-order valence-corrected chi connectivity index (χ2v) is 5.46. The van der Waals surface area contributed by atoms with Gasteiger partial charge in [-0.1, -0.05) is 13.0 Å². The Hall–Kier alpha value is -1.02. The molecule has 0 saturated carbocycles. The number of nitrogens with one attached hydrogen (secondary N) is 2. The van der Waals surface area contributed by atoms with Gasteiger partial charge in [0.1, 0.15) is 5.76 Å². The van der Waals surface area contributed by atoms with E-state index in [1.54, 1.807) is 17.6 Å². The summed E-state index contributed by atoms with van der Waals surface area (Å²) < 4.78 is 5.32. The van der Waals surface area contributed by atoms with Crippen LogP contribution in [0.4, 0.5) is 0 Å². The van der Waals surface area contributed by atoms with Gasteiger partial charge in [0.15, 0.2) is 5.96 Å². The lowest BCUT2D eigenvalue weighted by Gasteiger charge is -2.11. The van der Waals surface area contributed by atoms with Crippen molar-refractivity contribution in [1.82, 2.24) is 10.6 Å². The molecule has 0 saturated heterocycles. The Morgan fingerprint density at radius 1 is 1.24 bits per heavy atom. The zero-order chi connectivity index (χ0) is 14.0. The highest BCUT2D eigenvalue weighted by atomic mass is 127. The van der Waals surface area contributed by atoms with E-state index < -0.39 is 0 Å². The molecule has 0 spiro atoms. The summed E-state index contributed by atoms with van der Waals surface area (Å²) in [7, 11) is 0. The molecule has 21 heavy (non-hydrogen) atoms. The van der Waals surface area contributed by atoms with Crippen LogP contribution in [0, 0.1) is 0 Å². The van der Waals surface area contributed by atoms with Crippen LogP contribution in [-0.4, -0.2) is 19.0 Å². The van der Waals surface area contributed by atoms with Crippen molar-refractivity contribution < 1.29 is 4.42 Å². The Morgan fingerprint density at radius 3 is 2.76 bits per heavy atom. The van der Waals surface area contributed by atoms with Crippen LogP contribution >= 0.6 is 35.3 Å². The third-order valence-electron chi connectivity index (χ3n) is 2.76. The van der Waals surface area contributed by atoms with Gasteiger partial charge in [-0.05, 0) is 30.0 Å². The SMILES string of the molecule is CCCNC(=NCc1cccs1)NCCc1ccco1.I. The van der Waals surface area contributed by atoms with Crippen LogP contribution in [0.1, 0.15) is 24.0 Å². The van der Waals surface area contributed by atoms with E-state index in [1.807, 2.05) is 12.1 Å². The highest BCUT2D eigenvalue weighted by molar-refractivity contribution is 14.0. The van der Waals surface area contributed by atoms with Gasteiger partial charge in [0.2, 0.25) is 0 Å². The maximum Gasteiger partial charge on any atom is 0.191 e. The molecule has 0 aliphatic rings. The third-order valence-corrected chi connectivity index (χ3v) is 3.62. The van der Waals surface area contributed by atoms with Gasteiger partial charge in [0, 0.05) is 24.4 Å². The third kappa shape index (κ3) is 6.99. The van der Waals surface area contributed by atoms with Crippen molar-refractivity contribution >= 4 is 41.3 Å². The minimum Gasteiger partial charge on any atom is -0.469 e. The fourth-order valence-corrected chi connectivity index (χ4v) is 2.36. The van der Waals surface area contributed by atoms with E-state index in [4.69, 9.17) is 4.42 Å². The van der Waals surface area contributed by atoms with Crippen LogP contribution in [0.15, 0.2) is 45.3 Å². The van der Waals surface area contributed by atoms with E-state index in [9.17, 15) is 0 Å². The summed E-state index contributed by atoms with van der Waals surface area (Å²) in [4.78, 5) is 5.87. The Morgan fingerprint density at radius 2 is 2.10 bits per heavy atom. The van der Waals surface area contributed by atoms with Crippen molar-refractivity contribution in [1.29, 1.82) is 0 Å². The second-order valence-electron chi connectivity index (χ2n) is 4.43. The Bertz CT molecular complexity index is 497. The van der Waals surface area contributed by atoms with Gasteiger partial charge in [0.25, 0.3) is 0 Å². The van der Waals surface area contributed by atoms with Gasteiger partial charge in [0.05, 0.1) is 12.8 Å². The molecule has 0 unspecified atom stereocenters. The predicted octanol–water partition coefficient (Wildman–Crippen LogP) is 3.65. The summed E-state index contributed by atoms with van der Waals surface area (Å²) in [6.45, 7) is 4.61. The van der Waals surface area contributed by atoms with Crippen molar-refractivity contribution in [3.05, 3.63) is 46.5 Å². The number of furan rings is 1. The highest BCUT2D eigenvalue weighted by Gasteiger charge is 2.00. The molecule has 6 heteroatoms. The lowest BCUT2D eigenvalue weighted by molar-refractivity contribution is 0.506. The normalized spacial score (nSPS) is 11.0. The second kappa shape index (κ2) is 10.7. The number of hydrogen-bond donors (Lipinski definition) is 2. The number of rotatable bonds is 7. The fraction of sp³-hybridized carbons (Fsp3) is 0.400. The quantitative estimate of drug-likeness (QED) is 0.409. The molecule has 0 atom stereocenters. The number of guanidine groups is 1. The smallest absolute Gasteiger partial charge is 0.191 e. The summed E-state index contributed by atoms with van der Waals surface area (Å²) in [6, 6.07) is 8.06. The number of nitrogens with zero attached hydrogens (tertiary/aromatic N) is 1. The van der Waals surface area contributed by atoms with Crippen molar-refractivity contribution in [2.75, 3.05) is 13.1 Å². The average molecular weight is 419 g/mol. The average Bonchev–Trinajstić information content (AvgIpc) is 3.14. The molecule has 0 aliphatic heterocycles. The highest BCUT2D eigenvalue weighted by Crippen LogP contribution is 2.09. The van der Waals surface area contributed by atoms with Gasteiger partial charge >= 0.3 is 0 Å². The van der Waals surface area contributed by atoms with Gasteiger partial charge in [-0.3, -0.25) is 0 Å². The van der Waals surface area contributed by atoms with Crippen LogP contribution in [-0.2, 0) is 13.0 Å². The lowest BCUT2D eigenvalue weighted by atomic mass is 10.3. The van der Waals surface area contributed by atoms with Gasteiger partial charge < -0.3 is 15.1 Å². The van der Waals surface area contributed by atoms with E-state index in [0.29, 0.717) is 0 Å². The lowest BCUT2D eigenvalue weighted by Crippen LogP contribution is -2.38. The van der Waals surface area contributed by atoms with E-state index in [0.717, 1.165) is 44.2 Å². The first-order chi connectivity index (χ1) is 9.88. The largest absolute Gasteiger partial charge is 0.469 e.